The van der Waals surface area contributed by atoms with Crippen LogP contribution < -0.4 is 15.3 Å². The van der Waals surface area contributed by atoms with E-state index in [9.17, 15) is 0 Å². The van der Waals surface area contributed by atoms with Gasteiger partial charge in [0.2, 0.25) is 0 Å². The van der Waals surface area contributed by atoms with E-state index in [1.165, 1.54) is 87.7 Å². The number of ether oxygens (including phenoxy) is 4. The molecule has 0 spiro atoms. The summed E-state index contributed by atoms with van der Waals surface area (Å²) in [5, 5.41) is 9.66. The molecule has 550 valence electrons. The predicted molar refractivity (Wildman–Crippen MR) is 439 cm³/mol. The van der Waals surface area contributed by atoms with Crippen LogP contribution in [0.25, 0.3) is 44.9 Å². The number of fused-ring (bicyclic) bond motifs is 6. The first-order valence-corrected chi connectivity index (χ1v) is 53.9. The SMILES string of the molecule is CC1(C)OB(c2ccc(-c3ccccc3)nc2)OC1(C)C.C[Si](C)(C)CCOCN(COCC[Si](C)(C)C)c1cc(C2C[C@H]3CC[C@@H](C2)C3)nc2c(-c3ccc(-c4ccccc4)nc3)cnn12.C[Si](C)(C)CCOCN(COCC[Si](C)(C)C)c1cc(C2C[C@H]3CC[C@@H](C2)C3)nc2c(I)cnn12. The topological polar surface area (TPSA) is 148 Å². The minimum atomic E-state index is -1.21. The van der Waals surface area contributed by atoms with Crippen molar-refractivity contribution in [1.82, 2.24) is 39.2 Å². The van der Waals surface area contributed by atoms with Crippen molar-refractivity contribution in [2.45, 2.75) is 218 Å². The van der Waals surface area contributed by atoms with Gasteiger partial charge in [-0.3, -0.25) is 9.97 Å². The lowest BCUT2D eigenvalue weighted by atomic mass is 9.79. The van der Waals surface area contributed by atoms with Gasteiger partial charge in [0.05, 0.1) is 38.6 Å². The Bertz CT molecular complexity index is 3890. The van der Waals surface area contributed by atoms with Crippen molar-refractivity contribution in [3.8, 4) is 33.6 Å². The van der Waals surface area contributed by atoms with Crippen molar-refractivity contribution in [2.24, 2.45) is 23.7 Å². The molecule has 6 atom stereocenters. The Hall–Kier alpha value is -5.00. The van der Waals surface area contributed by atoms with E-state index in [0.717, 1.165) is 128 Å². The van der Waals surface area contributed by atoms with Crippen LogP contribution in [0.15, 0.2) is 122 Å². The van der Waals surface area contributed by atoms with Crippen LogP contribution in [0.4, 0.5) is 11.6 Å². The first-order chi connectivity index (χ1) is 48.4. The van der Waals surface area contributed by atoms with Gasteiger partial charge in [-0.05, 0) is 149 Å². The Labute approximate surface area is 628 Å². The molecule has 8 aromatic rings. The maximum absolute atomic E-state index is 6.37. The molecule has 7 heterocycles. The van der Waals surface area contributed by atoms with E-state index < -0.39 is 32.3 Å². The van der Waals surface area contributed by atoms with Gasteiger partial charge in [-0.15, -0.1) is 0 Å². The first-order valence-electron chi connectivity index (χ1n) is 38.0. The molecule has 2 unspecified atom stereocenters. The molecule has 4 saturated carbocycles. The van der Waals surface area contributed by atoms with Crippen molar-refractivity contribution in [1.29, 1.82) is 0 Å². The molecule has 0 N–H and O–H groups in total. The highest BCUT2D eigenvalue weighted by Crippen LogP contribution is 2.50. The van der Waals surface area contributed by atoms with Crippen LogP contribution >= 0.6 is 22.6 Å². The molecule has 102 heavy (non-hydrogen) atoms. The summed E-state index contributed by atoms with van der Waals surface area (Å²) in [6, 6.07) is 37.9. The number of anilines is 2. The van der Waals surface area contributed by atoms with Crippen molar-refractivity contribution >= 4 is 90.4 Å². The van der Waals surface area contributed by atoms with Crippen LogP contribution in [0.5, 0.6) is 0 Å². The Morgan fingerprint density at radius 3 is 1.23 bits per heavy atom. The third-order valence-electron chi connectivity index (χ3n) is 21.7. The fourth-order valence-corrected chi connectivity index (χ4v) is 18.2. The number of hydrogen-bond acceptors (Lipinski definition) is 14. The van der Waals surface area contributed by atoms with Crippen LogP contribution in [0.3, 0.4) is 0 Å². The van der Waals surface area contributed by atoms with E-state index in [1.54, 1.807) is 0 Å². The molecule has 16 nitrogen and oxygen atoms in total. The maximum Gasteiger partial charge on any atom is 0.496 e. The molecule has 2 aromatic carbocycles. The zero-order chi connectivity index (χ0) is 72.6. The van der Waals surface area contributed by atoms with Gasteiger partial charge in [0.1, 0.15) is 38.6 Å². The summed E-state index contributed by atoms with van der Waals surface area (Å²) in [7, 11) is -5.05. The van der Waals surface area contributed by atoms with Crippen LogP contribution in [0.1, 0.15) is 115 Å². The molecule has 1 aliphatic heterocycles. The van der Waals surface area contributed by atoms with E-state index in [2.05, 4.69) is 204 Å². The molecule has 5 fully saturated rings. The zero-order valence-electron chi connectivity index (χ0n) is 64.4. The molecule has 13 rings (SSSR count). The smallest absolute Gasteiger partial charge is 0.399 e. The van der Waals surface area contributed by atoms with Gasteiger partial charge in [0.15, 0.2) is 11.3 Å². The average Bonchev–Trinajstić information content (AvgIpc) is 1.57. The van der Waals surface area contributed by atoms with Gasteiger partial charge in [-0.1, -0.05) is 177 Å². The molecule has 6 aromatic heterocycles. The second-order valence-electron chi connectivity index (χ2n) is 35.7. The first kappa shape index (κ1) is 78.1. The Morgan fingerprint density at radius 1 is 0.461 bits per heavy atom. The highest BCUT2D eigenvalue weighted by atomic mass is 127. The number of benzene rings is 2. The van der Waals surface area contributed by atoms with Crippen LogP contribution in [0, 0.1) is 27.2 Å². The van der Waals surface area contributed by atoms with E-state index in [4.69, 9.17) is 53.4 Å². The minimum absolute atomic E-state index is 0.324. The normalized spacial score (nSPS) is 20.9. The van der Waals surface area contributed by atoms with E-state index in [1.807, 2.05) is 70.2 Å². The van der Waals surface area contributed by atoms with Crippen LogP contribution in [-0.4, -0.2) is 143 Å². The zero-order valence-corrected chi connectivity index (χ0v) is 70.6. The molecule has 4 aliphatic carbocycles. The number of aromatic nitrogens is 8. The lowest BCUT2D eigenvalue weighted by Crippen LogP contribution is -2.41. The van der Waals surface area contributed by atoms with Gasteiger partial charge in [0, 0.05) is 134 Å². The Morgan fingerprint density at radius 2 is 0.843 bits per heavy atom. The number of hydrogen-bond donors (Lipinski definition) is 0. The summed E-state index contributed by atoms with van der Waals surface area (Å²) >= 11 is 2.37. The summed E-state index contributed by atoms with van der Waals surface area (Å²) in [5.74, 6) is 6.50. The number of pyridine rings is 2. The predicted octanol–water partition coefficient (Wildman–Crippen LogP) is 19.3. The van der Waals surface area contributed by atoms with Crippen LogP contribution in [0.2, 0.25) is 103 Å². The maximum atomic E-state index is 6.37. The molecular weight excluding hydrogens is 1450 g/mol. The second kappa shape index (κ2) is 33.8. The molecule has 0 amide bonds. The minimum Gasteiger partial charge on any atom is -0.399 e. The lowest BCUT2D eigenvalue weighted by Gasteiger charge is -2.32. The number of nitrogens with zero attached hydrogens (tertiary/aromatic N) is 10. The fraction of sp³-hybridized carbons (Fsp3) is 0.575. The number of rotatable bonds is 28. The summed E-state index contributed by atoms with van der Waals surface area (Å²) < 4.78 is 42.4. The molecule has 5 aliphatic rings. The highest BCUT2D eigenvalue weighted by Gasteiger charge is 2.52. The van der Waals surface area contributed by atoms with E-state index >= 15 is 0 Å². The monoisotopic (exact) mass is 1560 g/mol. The fourth-order valence-electron chi connectivity index (χ4n) is 14.7. The third kappa shape index (κ3) is 21.4. The summed E-state index contributed by atoms with van der Waals surface area (Å²) in [5.41, 5.74) is 10.7. The van der Waals surface area contributed by atoms with Gasteiger partial charge in [-0.2, -0.15) is 19.2 Å². The molecule has 22 heteroatoms. The quantitative estimate of drug-likeness (QED) is 0.0198. The Kier molecular flexibility index (Phi) is 25.9. The standard InChI is InChI=1S/C37H53N5O2Si2.C26H45IN4O2Si2.C17H20BNO2/c1-45(2,3)18-16-43-26-41(27-44-17-19-46(4,5)6)36-23-35(32-21-28-12-13-29(20-28)22-32)40-37-33(25-39-42(36)37)31-14-15-34(38-24-31)30-10-8-7-9-11-30;1-34(2,3)11-9-32-18-30(19-33-10-12-35(4,5)6)25-16-24(29-26-23(27)17-28-31(25)26)22-14-20-7-8-21(13-20)15-22;1-16(2)17(3,4)21-18(20-16)14-10-11-15(19-12-14)13-8-6-5-7-9-13/h7-11,14-15,23-25,28-29,32H,12-13,16-22,26-27H2,1-6H3;16-17,20-22H,7-15,18-19H2,1-6H3;5-12H,1-4H3/t28-,29+,32?;20-,21+,22?;. The number of halogens is 1. The Balaban J connectivity index is 0.000000164. The van der Waals surface area contributed by atoms with Gasteiger partial charge >= 0.3 is 7.12 Å². The lowest BCUT2D eigenvalue weighted by molar-refractivity contribution is 0.00578. The van der Waals surface area contributed by atoms with Crippen molar-refractivity contribution < 1.29 is 28.3 Å². The van der Waals surface area contributed by atoms with Crippen LogP contribution in [-0.2, 0) is 28.3 Å². The molecule has 0 radical (unpaired) electrons. The molecular formula is C80H118BIN10O6Si4. The second-order valence-corrected chi connectivity index (χ2v) is 59.4. The summed E-state index contributed by atoms with van der Waals surface area (Å²) in [6.07, 6.45) is 21.1. The van der Waals surface area contributed by atoms with E-state index in [0.29, 0.717) is 38.8 Å². The highest BCUT2D eigenvalue weighted by molar-refractivity contribution is 14.1. The largest absolute Gasteiger partial charge is 0.496 e. The van der Waals surface area contributed by atoms with Crippen molar-refractivity contribution in [3.63, 3.8) is 0 Å². The summed E-state index contributed by atoms with van der Waals surface area (Å²) in [4.78, 5) is 24.4. The van der Waals surface area contributed by atoms with Crippen molar-refractivity contribution in [2.75, 3.05) is 63.2 Å². The van der Waals surface area contributed by atoms with E-state index in [-0.39, 0.29) is 18.3 Å². The van der Waals surface area contributed by atoms with Gasteiger partial charge in [0.25, 0.3) is 0 Å². The molecule has 4 bridgehead atoms. The van der Waals surface area contributed by atoms with Gasteiger partial charge < -0.3 is 38.1 Å². The van der Waals surface area contributed by atoms with Crippen molar-refractivity contribution in [3.05, 3.63) is 137 Å². The average molecular weight is 1570 g/mol. The molecule has 1 saturated heterocycles. The summed E-state index contributed by atoms with van der Waals surface area (Å²) in [6.45, 7) is 42.1. The van der Waals surface area contributed by atoms with Gasteiger partial charge in [-0.25, -0.2) is 9.97 Å². The third-order valence-corrected chi connectivity index (χ3v) is 29.2.